The first-order valence-electron chi connectivity index (χ1n) is 6.08. The lowest BCUT2D eigenvalue weighted by Crippen LogP contribution is -2.33. The van der Waals surface area contributed by atoms with Crippen molar-refractivity contribution in [3.05, 3.63) is 24.0 Å². The van der Waals surface area contributed by atoms with Crippen molar-refractivity contribution in [2.75, 3.05) is 27.2 Å². The molecule has 116 valence electrons. The fourth-order valence-corrected chi connectivity index (χ4v) is 1.46. The summed E-state index contributed by atoms with van der Waals surface area (Å²) in [6.45, 7) is 5.22. The molecule has 0 aliphatic rings. The second-order valence-electron chi connectivity index (χ2n) is 4.35. The third kappa shape index (κ3) is 6.41. The normalized spacial score (nSPS) is 9.45. The van der Waals surface area contributed by atoms with Crippen molar-refractivity contribution >= 4 is 30.7 Å². The molecule has 0 unspecified atom stereocenters. The molecule has 1 amide bonds. The van der Waals surface area contributed by atoms with Gasteiger partial charge in [0.15, 0.2) is 11.4 Å². The molecule has 1 aromatic rings. The van der Waals surface area contributed by atoms with Crippen LogP contribution in [0, 0.1) is 0 Å². The zero-order valence-electron chi connectivity index (χ0n) is 12.3. The van der Waals surface area contributed by atoms with E-state index in [0.717, 1.165) is 6.54 Å². The average molecular weight is 324 g/mol. The van der Waals surface area contributed by atoms with Gasteiger partial charge in [0, 0.05) is 26.3 Å². The quantitative estimate of drug-likeness (QED) is 0.870. The molecule has 0 radical (unpaired) electrons. The number of rotatable bonds is 6. The van der Waals surface area contributed by atoms with E-state index in [-0.39, 0.29) is 36.8 Å². The van der Waals surface area contributed by atoms with Gasteiger partial charge < -0.3 is 15.0 Å². The van der Waals surface area contributed by atoms with Gasteiger partial charge in [-0.05, 0) is 33.0 Å². The van der Waals surface area contributed by atoms with Crippen molar-refractivity contribution in [1.82, 2.24) is 15.2 Å². The van der Waals surface area contributed by atoms with Gasteiger partial charge in [0.25, 0.3) is 5.91 Å². The summed E-state index contributed by atoms with van der Waals surface area (Å²) < 4.78 is 5.60. The lowest BCUT2D eigenvalue weighted by atomic mass is 10.3. The first-order valence-corrected chi connectivity index (χ1v) is 6.08. The molecule has 20 heavy (non-hydrogen) atoms. The highest BCUT2D eigenvalue weighted by molar-refractivity contribution is 5.94. The highest BCUT2D eigenvalue weighted by Crippen LogP contribution is 2.18. The largest absolute Gasteiger partial charge is 0.489 e. The number of pyridine rings is 1. The van der Waals surface area contributed by atoms with E-state index < -0.39 is 0 Å². The Morgan fingerprint density at radius 2 is 2.10 bits per heavy atom. The number of likely N-dealkylation sites (N-methyl/N-ethyl adjacent to an activating group) is 2. The minimum Gasteiger partial charge on any atom is -0.489 e. The van der Waals surface area contributed by atoms with Gasteiger partial charge in [-0.3, -0.25) is 4.79 Å². The van der Waals surface area contributed by atoms with Crippen LogP contribution in [-0.2, 0) is 0 Å². The molecule has 0 saturated carbocycles. The molecular formula is C13H23Cl2N3O2. The van der Waals surface area contributed by atoms with E-state index in [1.165, 1.54) is 0 Å². The molecule has 0 fully saturated rings. The predicted molar refractivity (Wildman–Crippen MR) is 85.4 cm³/mol. The molecule has 0 bridgehead atoms. The van der Waals surface area contributed by atoms with Crippen LogP contribution in [0.15, 0.2) is 18.3 Å². The van der Waals surface area contributed by atoms with E-state index in [2.05, 4.69) is 10.3 Å². The van der Waals surface area contributed by atoms with Crippen LogP contribution in [0.1, 0.15) is 24.3 Å². The van der Waals surface area contributed by atoms with Gasteiger partial charge in [0.05, 0.1) is 6.10 Å². The van der Waals surface area contributed by atoms with Crippen LogP contribution >= 0.6 is 24.8 Å². The van der Waals surface area contributed by atoms with Gasteiger partial charge in [0.1, 0.15) is 0 Å². The number of nitrogens with zero attached hydrogens (tertiary/aromatic N) is 2. The van der Waals surface area contributed by atoms with Crippen LogP contribution < -0.4 is 10.1 Å². The van der Waals surface area contributed by atoms with Crippen LogP contribution in [-0.4, -0.2) is 49.1 Å². The lowest BCUT2D eigenvalue weighted by Gasteiger charge is -2.19. The molecule has 0 aliphatic heterocycles. The summed E-state index contributed by atoms with van der Waals surface area (Å²) in [6.07, 6.45) is 1.62. The van der Waals surface area contributed by atoms with Gasteiger partial charge in [0.2, 0.25) is 0 Å². The zero-order chi connectivity index (χ0) is 13.5. The summed E-state index contributed by atoms with van der Waals surface area (Å²) in [4.78, 5) is 18.0. The minimum atomic E-state index is -0.124. The van der Waals surface area contributed by atoms with E-state index in [9.17, 15) is 4.79 Å². The molecule has 1 heterocycles. The van der Waals surface area contributed by atoms with Crippen LogP contribution in [0.3, 0.4) is 0 Å². The third-order valence-electron chi connectivity index (χ3n) is 2.38. The van der Waals surface area contributed by atoms with Crippen LogP contribution in [0.5, 0.6) is 5.75 Å². The van der Waals surface area contributed by atoms with Gasteiger partial charge in [-0.2, -0.15) is 0 Å². The number of hydrogen-bond acceptors (Lipinski definition) is 4. The first-order chi connectivity index (χ1) is 8.56. The van der Waals surface area contributed by atoms with Crippen molar-refractivity contribution in [3.8, 4) is 5.75 Å². The Balaban J connectivity index is 0. The maximum absolute atomic E-state index is 12.2. The SMILES string of the molecule is CNCCN(C)C(=O)c1ncccc1OC(C)C.Cl.Cl. The smallest absolute Gasteiger partial charge is 0.276 e. The fourth-order valence-electron chi connectivity index (χ4n) is 1.46. The van der Waals surface area contributed by atoms with Gasteiger partial charge >= 0.3 is 0 Å². The predicted octanol–water partition coefficient (Wildman–Crippen LogP) is 2.00. The summed E-state index contributed by atoms with van der Waals surface area (Å²) in [7, 11) is 3.61. The first kappa shape index (κ1) is 21.3. The summed E-state index contributed by atoms with van der Waals surface area (Å²) in [6, 6.07) is 3.54. The van der Waals surface area contributed by atoms with E-state index >= 15 is 0 Å². The molecular weight excluding hydrogens is 301 g/mol. The van der Waals surface area contributed by atoms with E-state index in [1.807, 2.05) is 20.9 Å². The van der Waals surface area contributed by atoms with Crippen LogP contribution in [0.4, 0.5) is 0 Å². The Labute approximate surface area is 132 Å². The van der Waals surface area contributed by atoms with E-state index in [1.54, 1.807) is 30.3 Å². The molecule has 1 N–H and O–H groups in total. The maximum atomic E-state index is 12.2. The highest BCUT2D eigenvalue weighted by atomic mass is 35.5. The van der Waals surface area contributed by atoms with Crippen molar-refractivity contribution in [2.24, 2.45) is 0 Å². The van der Waals surface area contributed by atoms with Crippen molar-refractivity contribution in [2.45, 2.75) is 20.0 Å². The van der Waals surface area contributed by atoms with Crippen molar-refractivity contribution in [3.63, 3.8) is 0 Å². The van der Waals surface area contributed by atoms with Crippen molar-refractivity contribution in [1.29, 1.82) is 0 Å². The average Bonchev–Trinajstić information content (AvgIpc) is 2.35. The maximum Gasteiger partial charge on any atom is 0.276 e. The van der Waals surface area contributed by atoms with Crippen molar-refractivity contribution < 1.29 is 9.53 Å². The Morgan fingerprint density at radius 3 is 2.65 bits per heavy atom. The number of ether oxygens (including phenoxy) is 1. The molecule has 5 nitrogen and oxygen atoms in total. The number of aromatic nitrogens is 1. The number of halogens is 2. The monoisotopic (exact) mass is 323 g/mol. The number of amides is 1. The lowest BCUT2D eigenvalue weighted by molar-refractivity contribution is 0.0784. The number of carbonyl (C=O) groups excluding carboxylic acids is 1. The van der Waals surface area contributed by atoms with Crippen LogP contribution in [0.25, 0.3) is 0 Å². The molecule has 0 atom stereocenters. The van der Waals surface area contributed by atoms with E-state index in [0.29, 0.717) is 18.0 Å². The second-order valence-corrected chi connectivity index (χ2v) is 4.35. The number of hydrogen-bond donors (Lipinski definition) is 1. The third-order valence-corrected chi connectivity index (χ3v) is 2.38. The Morgan fingerprint density at radius 1 is 1.45 bits per heavy atom. The Kier molecular flexibility index (Phi) is 11.4. The summed E-state index contributed by atoms with van der Waals surface area (Å²) in [5, 5.41) is 3.01. The molecule has 0 saturated heterocycles. The van der Waals surface area contributed by atoms with Gasteiger partial charge in [-0.25, -0.2) is 4.98 Å². The Bertz CT molecular complexity index is 403. The van der Waals surface area contributed by atoms with Gasteiger partial charge in [-0.15, -0.1) is 24.8 Å². The molecule has 0 spiro atoms. The molecule has 7 heteroatoms. The van der Waals surface area contributed by atoms with Crippen LogP contribution in [0.2, 0.25) is 0 Å². The highest BCUT2D eigenvalue weighted by Gasteiger charge is 2.18. The molecule has 1 aromatic heterocycles. The summed E-state index contributed by atoms with van der Waals surface area (Å²) >= 11 is 0. The number of nitrogens with one attached hydrogen (secondary N) is 1. The number of carbonyl (C=O) groups is 1. The molecule has 1 rings (SSSR count). The van der Waals surface area contributed by atoms with Gasteiger partial charge in [-0.1, -0.05) is 0 Å². The fraction of sp³-hybridized carbons (Fsp3) is 0.538. The zero-order valence-corrected chi connectivity index (χ0v) is 13.9. The Hall–Kier alpha value is -1.04. The second kappa shape index (κ2) is 10.7. The topological polar surface area (TPSA) is 54.5 Å². The van der Waals surface area contributed by atoms with E-state index in [4.69, 9.17) is 4.74 Å². The molecule has 0 aliphatic carbocycles. The summed E-state index contributed by atoms with van der Waals surface area (Å²) in [5.74, 6) is 0.412. The molecule has 0 aromatic carbocycles. The minimum absolute atomic E-state index is 0. The standard InChI is InChI=1S/C13H21N3O2.2ClH/c1-10(2)18-11-6-5-7-15-12(11)13(17)16(4)9-8-14-3;;/h5-7,10,14H,8-9H2,1-4H3;2*1H. The summed E-state index contributed by atoms with van der Waals surface area (Å²) in [5.41, 5.74) is 0.366.